The number of rotatable bonds is 3. The van der Waals surface area contributed by atoms with E-state index in [1.54, 1.807) is 30.0 Å². The molecule has 1 aromatic carbocycles. The van der Waals surface area contributed by atoms with Crippen molar-refractivity contribution in [3.63, 3.8) is 0 Å². The molecule has 0 aliphatic carbocycles. The normalized spacial score (nSPS) is 10.4. The Bertz CT molecular complexity index is 308. The second kappa shape index (κ2) is 4.33. The number of hydrogen-bond acceptors (Lipinski definition) is 2. The van der Waals surface area contributed by atoms with Crippen LogP contribution in [0.15, 0.2) is 29.2 Å². The average Bonchev–Trinajstić information content (AvgIpc) is 2.03. The van der Waals surface area contributed by atoms with Crippen molar-refractivity contribution < 1.29 is 9.90 Å². The summed E-state index contributed by atoms with van der Waals surface area (Å²) in [7, 11) is 0. The summed E-state index contributed by atoms with van der Waals surface area (Å²) in [6.07, 6.45) is 0. The van der Waals surface area contributed by atoms with Gasteiger partial charge in [-0.15, -0.1) is 11.8 Å². The van der Waals surface area contributed by atoms with Crippen LogP contribution in [0.3, 0.4) is 0 Å². The number of thioether (sulfide) groups is 1. The van der Waals surface area contributed by atoms with Gasteiger partial charge in [-0.1, -0.05) is 19.9 Å². The highest BCUT2D eigenvalue weighted by Crippen LogP contribution is 2.23. The maximum Gasteiger partial charge on any atom is 0.335 e. The number of aromatic carboxylic acids is 1. The zero-order chi connectivity index (χ0) is 9.84. The second-order valence-electron chi connectivity index (χ2n) is 3.00. The van der Waals surface area contributed by atoms with Gasteiger partial charge in [-0.3, -0.25) is 0 Å². The number of carbonyl (C=O) groups is 1. The molecule has 3 heteroatoms. The zero-order valence-corrected chi connectivity index (χ0v) is 8.47. The number of hydrogen-bond donors (Lipinski definition) is 1. The molecule has 0 unspecified atom stereocenters. The highest BCUT2D eigenvalue weighted by Gasteiger charge is 2.04. The molecule has 0 spiro atoms. The molecule has 0 fully saturated rings. The van der Waals surface area contributed by atoms with Gasteiger partial charge in [-0.2, -0.15) is 0 Å². The van der Waals surface area contributed by atoms with E-state index in [4.69, 9.17) is 5.11 Å². The van der Waals surface area contributed by atoms with Gasteiger partial charge in [0.15, 0.2) is 0 Å². The smallest absolute Gasteiger partial charge is 0.335 e. The number of carboxylic acid groups (broad SMARTS) is 1. The average molecular weight is 196 g/mol. The standard InChI is InChI=1S/C10H12O2S/c1-7(2)13-9-5-3-4-8(6-9)10(11)12/h3-7H,1-2H3,(H,11,12). The van der Waals surface area contributed by atoms with Crippen molar-refractivity contribution in [2.75, 3.05) is 0 Å². The van der Waals surface area contributed by atoms with Crippen LogP contribution in [0.2, 0.25) is 0 Å². The molecule has 0 atom stereocenters. The summed E-state index contributed by atoms with van der Waals surface area (Å²) in [6.45, 7) is 4.16. The van der Waals surface area contributed by atoms with Gasteiger partial charge in [-0.05, 0) is 18.2 Å². The largest absolute Gasteiger partial charge is 0.478 e. The molecule has 0 aromatic heterocycles. The Labute approximate surface area is 82.0 Å². The first-order chi connectivity index (χ1) is 6.09. The van der Waals surface area contributed by atoms with Gasteiger partial charge in [0.25, 0.3) is 0 Å². The van der Waals surface area contributed by atoms with Gasteiger partial charge < -0.3 is 5.11 Å². The SMILES string of the molecule is CC(C)Sc1cccc(C(=O)O)c1. The van der Waals surface area contributed by atoms with E-state index in [0.717, 1.165) is 4.90 Å². The molecule has 0 saturated heterocycles. The quantitative estimate of drug-likeness (QED) is 0.755. The Hall–Kier alpha value is -0.960. The number of benzene rings is 1. The molecule has 0 amide bonds. The van der Waals surface area contributed by atoms with Crippen LogP contribution in [0.4, 0.5) is 0 Å². The third-order valence-corrected chi connectivity index (χ3v) is 2.45. The van der Waals surface area contributed by atoms with Crippen molar-refractivity contribution in [1.82, 2.24) is 0 Å². The molecule has 1 rings (SSSR count). The fourth-order valence-electron chi connectivity index (χ4n) is 0.975. The van der Waals surface area contributed by atoms with Crippen LogP contribution in [-0.2, 0) is 0 Å². The first-order valence-corrected chi connectivity index (χ1v) is 4.97. The maximum atomic E-state index is 10.6. The highest BCUT2D eigenvalue weighted by atomic mass is 32.2. The summed E-state index contributed by atoms with van der Waals surface area (Å²) in [4.78, 5) is 11.6. The molecule has 13 heavy (non-hydrogen) atoms. The molecule has 0 bridgehead atoms. The summed E-state index contributed by atoms with van der Waals surface area (Å²) in [5.41, 5.74) is 0.352. The summed E-state index contributed by atoms with van der Waals surface area (Å²) in [6, 6.07) is 7.00. The Kier molecular flexibility index (Phi) is 3.37. The van der Waals surface area contributed by atoms with Gasteiger partial charge >= 0.3 is 5.97 Å². The minimum Gasteiger partial charge on any atom is -0.478 e. The summed E-state index contributed by atoms with van der Waals surface area (Å²) in [5, 5.41) is 9.21. The monoisotopic (exact) mass is 196 g/mol. The fourth-order valence-corrected chi connectivity index (χ4v) is 1.87. The van der Waals surface area contributed by atoms with Crippen molar-refractivity contribution in [2.45, 2.75) is 24.0 Å². The topological polar surface area (TPSA) is 37.3 Å². The van der Waals surface area contributed by atoms with Crippen molar-refractivity contribution in [2.24, 2.45) is 0 Å². The van der Waals surface area contributed by atoms with Crippen molar-refractivity contribution in [3.8, 4) is 0 Å². The zero-order valence-electron chi connectivity index (χ0n) is 7.65. The molecule has 0 saturated carbocycles. The van der Waals surface area contributed by atoms with E-state index < -0.39 is 5.97 Å². The molecule has 1 N–H and O–H groups in total. The summed E-state index contributed by atoms with van der Waals surface area (Å²) < 4.78 is 0. The first-order valence-electron chi connectivity index (χ1n) is 4.09. The summed E-state index contributed by atoms with van der Waals surface area (Å²) in [5.74, 6) is -0.869. The Morgan fingerprint density at radius 1 is 1.46 bits per heavy atom. The van der Waals surface area contributed by atoms with Gasteiger partial charge in [0, 0.05) is 10.1 Å². The van der Waals surface area contributed by atoms with Crippen LogP contribution in [0.25, 0.3) is 0 Å². The van der Waals surface area contributed by atoms with E-state index >= 15 is 0 Å². The predicted octanol–water partition coefficient (Wildman–Crippen LogP) is 2.89. The van der Waals surface area contributed by atoms with Crippen LogP contribution in [-0.4, -0.2) is 16.3 Å². The lowest BCUT2D eigenvalue weighted by atomic mass is 10.2. The van der Waals surface area contributed by atoms with E-state index in [-0.39, 0.29) is 0 Å². The Balaban J connectivity index is 2.85. The van der Waals surface area contributed by atoms with Crippen LogP contribution in [0, 0.1) is 0 Å². The minimum atomic E-state index is -0.869. The van der Waals surface area contributed by atoms with Crippen LogP contribution in [0.1, 0.15) is 24.2 Å². The van der Waals surface area contributed by atoms with Gasteiger partial charge in [-0.25, -0.2) is 4.79 Å². The molecule has 0 aliphatic heterocycles. The van der Waals surface area contributed by atoms with Crippen LogP contribution < -0.4 is 0 Å². The second-order valence-corrected chi connectivity index (χ2v) is 4.65. The fraction of sp³-hybridized carbons (Fsp3) is 0.300. The minimum absolute atomic E-state index is 0.352. The van der Waals surface area contributed by atoms with E-state index in [1.807, 2.05) is 6.07 Å². The third-order valence-electron chi connectivity index (χ3n) is 1.45. The van der Waals surface area contributed by atoms with Crippen molar-refractivity contribution >= 4 is 17.7 Å². The number of carboxylic acids is 1. The third kappa shape index (κ3) is 3.11. The van der Waals surface area contributed by atoms with E-state index in [0.29, 0.717) is 10.8 Å². The lowest BCUT2D eigenvalue weighted by molar-refractivity contribution is 0.0696. The van der Waals surface area contributed by atoms with Crippen molar-refractivity contribution in [3.05, 3.63) is 29.8 Å². The van der Waals surface area contributed by atoms with Crippen LogP contribution >= 0.6 is 11.8 Å². The van der Waals surface area contributed by atoms with Gasteiger partial charge in [0.2, 0.25) is 0 Å². The van der Waals surface area contributed by atoms with Crippen LogP contribution in [0.5, 0.6) is 0 Å². The van der Waals surface area contributed by atoms with E-state index in [9.17, 15) is 4.79 Å². The first kappa shape index (κ1) is 10.1. The predicted molar refractivity (Wildman–Crippen MR) is 54.4 cm³/mol. The lowest BCUT2D eigenvalue weighted by Gasteiger charge is -2.04. The molecule has 0 aliphatic rings. The molecule has 70 valence electrons. The molecule has 0 radical (unpaired) electrons. The van der Waals surface area contributed by atoms with E-state index in [2.05, 4.69) is 13.8 Å². The molecule has 1 aromatic rings. The Morgan fingerprint density at radius 3 is 2.69 bits per heavy atom. The van der Waals surface area contributed by atoms with Crippen molar-refractivity contribution in [1.29, 1.82) is 0 Å². The lowest BCUT2D eigenvalue weighted by Crippen LogP contribution is -1.96. The summed E-state index contributed by atoms with van der Waals surface area (Å²) >= 11 is 1.67. The molecule has 0 heterocycles. The Morgan fingerprint density at radius 2 is 2.15 bits per heavy atom. The maximum absolute atomic E-state index is 10.6. The highest BCUT2D eigenvalue weighted by molar-refractivity contribution is 7.99. The van der Waals surface area contributed by atoms with E-state index in [1.165, 1.54) is 0 Å². The van der Waals surface area contributed by atoms with Gasteiger partial charge in [0.1, 0.15) is 0 Å². The molecular formula is C10H12O2S. The molecular weight excluding hydrogens is 184 g/mol. The molecule has 2 nitrogen and oxygen atoms in total. The van der Waals surface area contributed by atoms with Gasteiger partial charge in [0.05, 0.1) is 5.56 Å².